The smallest absolute Gasteiger partial charge is 0.315 e. The van der Waals surface area contributed by atoms with Crippen LogP contribution in [0.25, 0.3) is 0 Å². The van der Waals surface area contributed by atoms with Crippen LogP contribution in [0.3, 0.4) is 0 Å². The van der Waals surface area contributed by atoms with E-state index in [-0.39, 0.29) is 36.9 Å². The first-order valence-electron chi connectivity index (χ1n) is 22.7. The Labute approximate surface area is 366 Å². The van der Waals surface area contributed by atoms with Crippen LogP contribution in [0, 0.1) is 29.6 Å². The lowest BCUT2D eigenvalue weighted by Crippen LogP contribution is -2.66. The molecule has 6 heterocycles. The number of methoxy groups -OCH3 is 2. The Morgan fingerprint density at radius 2 is 1.52 bits per heavy atom. The van der Waals surface area contributed by atoms with Crippen molar-refractivity contribution in [1.82, 2.24) is 0 Å². The molecule has 15 nitrogen and oxygen atoms in total. The molecular formula is C47H72O15. The molecule has 0 amide bonds. The van der Waals surface area contributed by atoms with Crippen LogP contribution in [0.5, 0.6) is 0 Å². The number of carbonyl (C=O) groups excluding carboxylic acids is 1. The summed E-state index contributed by atoms with van der Waals surface area (Å²) in [4.78, 5) is 14.4. The molecule has 350 valence electrons. The predicted molar refractivity (Wildman–Crippen MR) is 224 cm³/mol. The van der Waals surface area contributed by atoms with Crippen LogP contribution in [-0.2, 0) is 52.2 Å². The third kappa shape index (κ3) is 9.45. The summed E-state index contributed by atoms with van der Waals surface area (Å²) in [5, 5.41) is 45.9. The van der Waals surface area contributed by atoms with E-state index in [4.69, 9.17) is 47.4 Å². The fourth-order valence-corrected chi connectivity index (χ4v) is 10.8. The molecule has 7 aliphatic rings. The monoisotopic (exact) mass is 876 g/mol. The zero-order chi connectivity index (χ0) is 44.8. The number of rotatable bonds is 7. The van der Waals surface area contributed by atoms with E-state index >= 15 is 0 Å². The number of allylic oxidation sites excluding steroid dienone is 2. The molecule has 4 N–H and O–H groups in total. The molecule has 15 heteroatoms. The van der Waals surface area contributed by atoms with Crippen LogP contribution in [0.4, 0.5) is 0 Å². The number of hydrogen-bond donors (Lipinski definition) is 4. The Hall–Kier alpha value is -2.09. The molecule has 0 aromatic heterocycles. The molecule has 4 saturated heterocycles. The molecule has 0 aromatic carbocycles. The van der Waals surface area contributed by atoms with Crippen LogP contribution < -0.4 is 0 Å². The quantitative estimate of drug-likeness (QED) is 0.212. The van der Waals surface area contributed by atoms with Crippen molar-refractivity contribution in [2.24, 2.45) is 29.6 Å². The van der Waals surface area contributed by atoms with Gasteiger partial charge >= 0.3 is 5.97 Å². The molecule has 21 atom stereocenters. The van der Waals surface area contributed by atoms with E-state index in [1.807, 2.05) is 32.9 Å². The molecular weight excluding hydrogens is 805 g/mol. The highest BCUT2D eigenvalue weighted by molar-refractivity contribution is 5.77. The first-order valence-corrected chi connectivity index (χ1v) is 22.7. The molecule has 0 unspecified atom stereocenters. The standard InChI is InChI=1S/C47H72O15/c1-23(2)41-26(5)16-17-46(62-41)21-32-18-31(61-46)15-14-25(4)42(59-36-20-34(54-10)43(29(8)57-36)60-35-19-33(53-9)40(50)28(7)56-35)24(3)12-11-13-30-22-55-44-39(49)27(6)38(48)37(45(51)58-32)47(30,44)52/h11-14,16-17,23-24,26-29,31-44,48-50,52H,15,18-22H2,1-10H3/b12-11+,25-14+,30-13+/t24-,26-,27-,28-,29-,31+,32-,33-,34-,35-,36-,37-,38+,39+,40-,41+,42-,43-,44+,46+,47+/m0/s1. The van der Waals surface area contributed by atoms with Gasteiger partial charge in [0, 0.05) is 57.7 Å². The lowest BCUT2D eigenvalue weighted by atomic mass is 9.64. The van der Waals surface area contributed by atoms with Gasteiger partial charge in [0.15, 0.2) is 18.4 Å². The normalized spacial score (nSPS) is 51.2. The van der Waals surface area contributed by atoms with Gasteiger partial charge in [0.1, 0.15) is 35.9 Å². The van der Waals surface area contributed by atoms with Crippen molar-refractivity contribution in [1.29, 1.82) is 0 Å². The highest BCUT2D eigenvalue weighted by atomic mass is 16.7. The summed E-state index contributed by atoms with van der Waals surface area (Å²) >= 11 is 0. The number of ether oxygens (including phenoxy) is 10. The van der Waals surface area contributed by atoms with Crippen LogP contribution >= 0.6 is 0 Å². The zero-order valence-electron chi connectivity index (χ0n) is 38.0. The van der Waals surface area contributed by atoms with Crippen molar-refractivity contribution in [2.45, 2.75) is 191 Å². The van der Waals surface area contributed by atoms with Crippen LogP contribution in [0.15, 0.2) is 47.6 Å². The van der Waals surface area contributed by atoms with E-state index in [1.54, 1.807) is 40.2 Å². The average molecular weight is 877 g/mol. The van der Waals surface area contributed by atoms with Gasteiger partial charge in [-0.25, -0.2) is 0 Å². The van der Waals surface area contributed by atoms with E-state index in [9.17, 15) is 25.2 Å². The van der Waals surface area contributed by atoms with E-state index in [1.165, 1.54) is 0 Å². The Morgan fingerprint density at radius 3 is 2.23 bits per heavy atom. The van der Waals surface area contributed by atoms with Crippen molar-refractivity contribution in [3.8, 4) is 0 Å². The maximum atomic E-state index is 14.4. The molecule has 1 spiro atoms. The van der Waals surface area contributed by atoms with Gasteiger partial charge < -0.3 is 67.8 Å². The second kappa shape index (κ2) is 19.4. The fraction of sp³-hybridized carbons (Fsp3) is 0.809. The molecule has 1 aliphatic carbocycles. The summed E-state index contributed by atoms with van der Waals surface area (Å²) in [6.07, 6.45) is 3.46. The number of carbonyl (C=O) groups is 1. The summed E-state index contributed by atoms with van der Waals surface area (Å²) in [6.45, 7) is 15.7. The third-order valence-corrected chi connectivity index (χ3v) is 14.5. The van der Waals surface area contributed by atoms with Crippen molar-refractivity contribution in [3.05, 3.63) is 47.6 Å². The highest BCUT2D eigenvalue weighted by Crippen LogP contribution is 2.49. The van der Waals surface area contributed by atoms with Gasteiger partial charge in [-0.2, -0.15) is 0 Å². The zero-order valence-corrected chi connectivity index (χ0v) is 38.0. The van der Waals surface area contributed by atoms with Crippen LogP contribution in [0.1, 0.15) is 87.5 Å². The van der Waals surface area contributed by atoms with E-state index < -0.39 is 115 Å². The maximum Gasteiger partial charge on any atom is 0.315 e. The molecule has 0 aromatic rings. The van der Waals surface area contributed by atoms with Gasteiger partial charge in [-0.05, 0) is 50.3 Å². The average Bonchev–Trinajstić information content (AvgIpc) is 3.56. The molecule has 0 radical (unpaired) electrons. The summed E-state index contributed by atoms with van der Waals surface area (Å²) in [5.74, 6) is -4.04. The summed E-state index contributed by atoms with van der Waals surface area (Å²) in [5.41, 5.74) is -0.754. The minimum absolute atomic E-state index is 0.0537. The number of hydrogen-bond acceptors (Lipinski definition) is 15. The van der Waals surface area contributed by atoms with Crippen molar-refractivity contribution in [2.75, 3.05) is 20.8 Å². The van der Waals surface area contributed by atoms with Gasteiger partial charge in [0.2, 0.25) is 0 Å². The van der Waals surface area contributed by atoms with E-state index in [0.717, 1.165) is 5.57 Å². The Kier molecular flexibility index (Phi) is 15.0. The molecule has 62 heavy (non-hydrogen) atoms. The molecule has 1 saturated carbocycles. The van der Waals surface area contributed by atoms with E-state index in [2.05, 4.69) is 32.9 Å². The van der Waals surface area contributed by atoms with Crippen molar-refractivity contribution in [3.63, 3.8) is 0 Å². The minimum atomic E-state index is -2.04. The minimum Gasteiger partial charge on any atom is -0.462 e. The number of esters is 1. The Bertz CT molecular complexity index is 1680. The number of aliphatic hydroxyl groups is 4. The van der Waals surface area contributed by atoms with Gasteiger partial charge in [0.05, 0.1) is 61.5 Å². The summed E-state index contributed by atoms with van der Waals surface area (Å²) in [7, 11) is 3.20. The lowest BCUT2D eigenvalue weighted by Gasteiger charge is -2.49. The van der Waals surface area contributed by atoms with Crippen LogP contribution in [0.2, 0.25) is 0 Å². The number of fused-ring (bicyclic) bond motifs is 2. The third-order valence-electron chi connectivity index (χ3n) is 14.5. The van der Waals surface area contributed by atoms with Gasteiger partial charge in [-0.3, -0.25) is 4.79 Å². The lowest BCUT2D eigenvalue weighted by molar-refractivity contribution is -0.318. The highest BCUT2D eigenvalue weighted by Gasteiger charge is 2.65. The second-order valence-electron chi connectivity index (χ2n) is 19.3. The second-order valence-corrected chi connectivity index (χ2v) is 19.3. The fourth-order valence-electron chi connectivity index (χ4n) is 10.8. The van der Waals surface area contributed by atoms with Gasteiger partial charge in [0.25, 0.3) is 0 Å². The van der Waals surface area contributed by atoms with Gasteiger partial charge in [-0.15, -0.1) is 0 Å². The van der Waals surface area contributed by atoms with E-state index in [0.29, 0.717) is 31.3 Å². The first-order chi connectivity index (χ1) is 29.4. The maximum absolute atomic E-state index is 14.4. The Morgan fingerprint density at radius 1 is 0.823 bits per heavy atom. The topological polar surface area (TPSA) is 190 Å². The summed E-state index contributed by atoms with van der Waals surface area (Å²) in [6, 6.07) is 0. The van der Waals surface area contributed by atoms with Crippen molar-refractivity contribution >= 4 is 5.97 Å². The molecule has 5 fully saturated rings. The largest absolute Gasteiger partial charge is 0.462 e. The molecule has 2 bridgehead atoms. The van der Waals surface area contributed by atoms with Crippen molar-refractivity contribution < 1.29 is 72.6 Å². The first kappa shape index (κ1) is 47.9. The van der Waals surface area contributed by atoms with Crippen LogP contribution in [-0.4, -0.2) is 151 Å². The SMILES string of the molecule is CO[C@H]1C[C@H](O[C@H]2[C@H](C)O[C@@H](O[C@@H]3/C(C)=C/C[C@@H]4C[C@@H](C[C@]5(C=C[C@H](C)[C@@H](C(C)C)O5)O4)OC(=O)[C@@H]4[C@H](O)[C@H](C)[C@@H](O)[C@H]5OC/C(=C\C=C\[C@@H]3C)[C@]54O)C[C@@H]2OC)O[C@@H](C)[C@@H]1O. The molecule has 7 rings (SSSR count). The Balaban J connectivity index is 1.19. The van der Waals surface area contributed by atoms with Gasteiger partial charge in [-0.1, -0.05) is 65.0 Å². The molecule has 6 aliphatic heterocycles. The number of aliphatic hydroxyl groups excluding tert-OH is 3. The predicted octanol–water partition coefficient (Wildman–Crippen LogP) is 4.04. The summed E-state index contributed by atoms with van der Waals surface area (Å²) < 4.78 is 63.3.